The van der Waals surface area contributed by atoms with E-state index in [0.29, 0.717) is 22.7 Å². The SMILES string of the molecule is O=C(NCc1ccccc1Cl)c1cncc(C#CCO)c1. The van der Waals surface area contributed by atoms with Crippen LogP contribution in [0.2, 0.25) is 5.02 Å². The minimum Gasteiger partial charge on any atom is -0.384 e. The summed E-state index contributed by atoms with van der Waals surface area (Å²) in [4.78, 5) is 16.0. The minimum absolute atomic E-state index is 0.233. The minimum atomic E-state index is -0.255. The maximum Gasteiger partial charge on any atom is 0.253 e. The number of benzene rings is 1. The van der Waals surface area contributed by atoms with Gasteiger partial charge in [-0.25, -0.2) is 0 Å². The topological polar surface area (TPSA) is 62.2 Å². The van der Waals surface area contributed by atoms with E-state index in [1.54, 1.807) is 12.1 Å². The number of hydrogen-bond donors (Lipinski definition) is 2. The van der Waals surface area contributed by atoms with Crippen LogP contribution in [0.5, 0.6) is 0 Å². The Labute approximate surface area is 127 Å². The van der Waals surface area contributed by atoms with Crippen LogP contribution in [0.15, 0.2) is 42.7 Å². The zero-order valence-corrected chi connectivity index (χ0v) is 11.9. The number of carbonyl (C=O) groups excluding carboxylic acids is 1. The molecule has 4 nitrogen and oxygen atoms in total. The van der Waals surface area contributed by atoms with Gasteiger partial charge in [0, 0.05) is 29.5 Å². The molecule has 106 valence electrons. The summed E-state index contributed by atoms with van der Waals surface area (Å²) in [5, 5.41) is 12.0. The summed E-state index contributed by atoms with van der Waals surface area (Å²) in [5.41, 5.74) is 1.83. The largest absolute Gasteiger partial charge is 0.384 e. The number of aliphatic hydroxyl groups is 1. The summed E-state index contributed by atoms with van der Waals surface area (Å²) in [7, 11) is 0. The van der Waals surface area contributed by atoms with Crippen LogP contribution in [0, 0.1) is 11.8 Å². The van der Waals surface area contributed by atoms with Crippen LogP contribution in [-0.2, 0) is 6.54 Å². The Hall–Kier alpha value is -2.35. The number of rotatable bonds is 3. The molecule has 0 aliphatic carbocycles. The number of hydrogen-bond acceptors (Lipinski definition) is 3. The van der Waals surface area contributed by atoms with Crippen LogP contribution in [-0.4, -0.2) is 22.6 Å². The number of pyridine rings is 1. The van der Waals surface area contributed by atoms with E-state index < -0.39 is 0 Å². The maximum atomic E-state index is 12.1. The number of amides is 1. The summed E-state index contributed by atoms with van der Waals surface area (Å²) >= 11 is 6.03. The molecule has 1 aromatic carbocycles. The van der Waals surface area contributed by atoms with Crippen molar-refractivity contribution in [3.63, 3.8) is 0 Å². The van der Waals surface area contributed by atoms with Crippen LogP contribution >= 0.6 is 11.6 Å². The summed E-state index contributed by atoms with van der Waals surface area (Å²) in [6, 6.07) is 8.94. The smallest absolute Gasteiger partial charge is 0.253 e. The van der Waals surface area contributed by atoms with Crippen molar-refractivity contribution in [3.8, 4) is 11.8 Å². The first-order valence-corrected chi connectivity index (χ1v) is 6.65. The fourth-order valence-corrected chi connectivity index (χ4v) is 1.90. The van der Waals surface area contributed by atoms with Gasteiger partial charge in [-0.15, -0.1) is 0 Å². The predicted octanol–water partition coefficient (Wildman–Crippen LogP) is 2.01. The van der Waals surface area contributed by atoms with Crippen molar-refractivity contribution in [2.24, 2.45) is 0 Å². The molecule has 1 aromatic heterocycles. The van der Waals surface area contributed by atoms with Gasteiger partial charge in [-0.2, -0.15) is 0 Å². The third-order valence-corrected chi connectivity index (χ3v) is 3.08. The molecule has 5 heteroatoms. The van der Waals surface area contributed by atoms with Crippen LogP contribution in [0.1, 0.15) is 21.5 Å². The number of nitrogens with one attached hydrogen (secondary N) is 1. The molecule has 0 radical (unpaired) electrons. The lowest BCUT2D eigenvalue weighted by atomic mass is 10.2. The highest BCUT2D eigenvalue weighted by Crippen LogP contribution is 2.14. The molecule has 21 heavy (non-hydrogen) atoms. The van der Waals surface area contributed by atoms with Gasteiger partial charge in [0.15, 0.2) is 0 Å². The highest BCUT2D eigenvalue weighted by Gasteiger charge is 2.07. The Kier molecular flexibility index (Phi) is 5.33. The Balaban J connectivity index is 2.05. The molecule has 0 fully saturated rings. The quantitative estimate of drug-likeness (QED) is 0.852. The Bertz CT molecular complexity index is 705. The molecule has 0 aliphatic heterocycles. The first-order valence-electron chi connectivity index (χ1n) is 6.27. The monoisotopic (exact) mass is 300 g/mol. The first kappa shape index (κ1) is 15.0. The second-order valence-electron chi connectivity index (χ2n) is 4.20. The fourth-order valence-electron chi connectivity index (χ4n) is 1.69. The molecular formula is C16H13ClN2O2. The fraction of sp³-hybridized carbons (Fsp3) is 0.125. The molecule has 0 unspecified atom stereocenters. The summed E-state index contributed by atoms with van der Waals surface area (Å²) in [6.07, 6.45) is 3.00. The van der Waals surface area contributed by atoms with Crippen molar-refractivity contribution in [2.75, 3.05) is 6.61 Å². The molecular weight excluding hydrogens is 288 g/mol. The van der Waals surface area contributed by atoms with E-state index >= 15 is 0 Å². The third kappa shape index (κ3) is 4.32. The van der Waals surface area contributed by atoms with Gasteiger partial charge in [0.2, 0.25) is 0 Å². The zero-order valence-electron chi connectivity index (χ0n) is 11.1. The Morgan fingerprint density at radius 1 is 1.33 bits per heavy atom. The molecule has 0 aliphatic rings. The van der Waals surface area contributed by atoms with E-state index in [1.807, 2.05) is 18.2 Å². The van der Waals surface area contributed by atoms with E-state index in [2.05, 4.69) is 22.1 Å². The van der Waals surface area contributed by atoms with Crippen LogP contribution in [0.25, 0.3) is 0 Å². The second kappa shape index (κ2) is 7.44. The number of aromatic nitrogens is 1. The lowest BCUT2D eigenvalue weighted by Gasteiger charge is -2.07. The molecule has 2 rings (SSSR count). The number of nitrogens with zero attached hydrogens (tertiary/aromatic N) is 1. The van der Waals surface area contributed by atoms with Crippen molar-refractivity contribution < 1.29 is 9.90 Å². The first-order chi connectivity index (χ1) is 10.2. The number of carbonyl (C=O) groups is 1. The molecule has 1 heterocycles. The van der Waals surface area contributed by atoms with Gasteiger partial charge < -0.3 is 10.4 Å². The van der Waals surface area contributed by atoms with E-state index in [4.69, 9.17) is 16.7 Å². The van der Waals surface area contributed by atoms with Gasteiger partial charge in [-0.05, 0) is 17.7 Å². The van der Waals surface area contributed by atoms with Crippen molar-refractivity contribution in [2.45, 2.75) is 6.54 Å². The zero-order chi connectivity index (χ0) is 15.1. The van der Waals surface area contributed by atoms with Gasteiger partial charge in [0.1, 0.15) is 6.61 Å². The summed E-state index contributed by atoms with van der Waals surface area (Å²) in [6.45, 7) is 0.105. The van der Waals surface area contributed by atoms with E-state index in [0.717, 1.165) is 5.56 Å². The summed E-state index contributed by atoms with van der Waals surface area (Å²) < 4.78 is 0. The van der Waals surface area contributed by atoms with Crippen LogP contribution in [0.4, 0.5) is 0 Å². The molecule has 0 spiro atoms. The molecule has 1 amide bonds. The van der Waals surface area contributed by atoms with Gasteiger partial charge in [0.05, 0.1) is 5.56 Å². The van der Waals surface area contributed by atoms with Crippen molar-refractivity contribution >= 4 is 17.5 Å². The van der Waals surface area contributed by atoms with Crippen LogP contribution < -0.4 is 5.32 Å². The highest BCUT2D eigenvalue weighted by molar-refractivity contribution is 6.31. The molecule has 0 bridgehead atoms. The summed E-state index contributed by atoms with van der Waals surface area (Å²) in [5.74, 6) is 4.97. The normalized spacial score (nSPS) is 9.62. The average Bonchev–Trinajstić information content (AvgIpc) is 2.52. The molecule has 2 aromatic rings. The van der Waals surface area contributed by atoms with E-state index in [9.17, 15) is 4.79 Å². The molecule has 2 N–H and O–H groups in total. The lowest BCUT2D eigenvalue weighted by Crippen LogP contribution is -2.23. The standard InChI is InChI=1S/C16H13ClN2O2/c17-15-6-2-1-5-13(15)11-19-16(21)14-8-12(4-3-7-20)9-18-10-14/h1-2,5-6,8-10,20H,7,11H2,(H,19,21). The molecule has 0 atom stereocenters. The van der Waals surface area contributed by atoms with E-state index in [1.165, 1.54) is 12.4 Å². The molecule has 0 saturated carbocycles. The molecule has 0 saturated heterocycles. The predicted molar refractivity (Wildman–Crippen MR) is 80.8 cm³/mol. The van der Waals surface area contributed by atoms with Gasteiger partial charge in [-0.3, -0.25) is 9.78 Å². The van der Waals surface area contributed by atoms with Gasteiger partial charge in [0.25, 0.3) is 5.91 Å². The lowest BCUT2D eigenvalue weighted by molar-refractivity contribution is 0.0950. The van der Waals surface area contributed by atoms with Crippen molar-refractivity contribution in [3.05, 3.63) is 64.4 Å². The average molecular weight is 301 g/mol. The van der Waals surface area contributed by atoms with Gasteiger partial charge >= 0.3 is 0 Å². The van der Waals surface area contributed by atoms with Crippen molar-refractivity contribution in [1.29, 1.82) is 0 Å². The maximum absolute atomic E-state index is 12.1. The second-order valence-corrected chi connectivity index (χ2v) is 4.60. The van der Waals surface area contributed by atoms with Crippen molar-refractivity contribution in [1.82, 2.24) is 10.3 Å². The highest BCUT2D eigenvalue weighted by atomic mass is 35.5. The Morgan fingerprint density at radius 2 is 2.14 bits per heavy atom. The number of aliphatic hydroxyl groups excluding tert-OH is 1. The number of halogens is 1. The van der Waals surface area contributed by atoms with Crippen LogP contribution in [0.3, 0.4) is 0 Å². The third-order valence-electron chi connectivity index (χ3n) is 2.71. The van der Waals surface area contributed by atoms with E-state index in [-0.39, 0.29) is 12.5 Å². The Morgan fingerprint density at radius 3 is 2.90 bits per heavy atom. The van der Waals surface area contributed by atoms with Gasteiger partial charge in [-0.1, -0.05) is 41.6 Å².